The van der Waals surface area contributed by atoms with E-state index in [1.807, 2.05) is 18.2 Å². The van der Waals surface area contributed by atoms with Crippen LogP contribution in [0.1, 0.15) is 6.92 Å². The van der Waals surface area contributed by atoms with Gasteiger partial charge in [0, 0.05) is 11.8 Å². The molecule has 0 amide bonds. The molecule has 0 aliphatic rings. The summed E-state index contributed by atoms with van der Waals surface area (Å²) in [5.74, 6) is 0.193. The van der Waals surface area contributed by atoms with Gasteiger partial charge in [0.05, 0.1) is 11.4 Å². The van der Waals surface area contributed by atoms with Gasteiger partial charge in [-0.05, 0) is 42.5 Å². The Labute approximate surface area is 115 Å². The smallest absolute Gasteiger partial charge is 0.190 e. The van der Waals surface area contributed by atoms with Gasteiger partial charge in [0.15, 0.2) is 5.12 Å². The van der Waals surface area contributed by atoms with E-state index in [2.05, 4.69) is 10.2 Å². The number of phenolic OH excluding ortho intramolecular Hbond substituents is 1. The zero-order valence-electron chi connectivity index (χ0n) is 10.3. The summed E-state index contributed by atoms with van der Waals surface area (Å²) in [5.41, 5.74) is 1.33. The van der Waals surface area contributed by atoms with E-state index < -0.39 is 0 Å². The molecule has 0 spiro atoms. The monoisotopic (exact) mass is 272 g/mol. The number of carbonyl (C=O) groups excluding carboxylic acids is 1. The van der Waals surface area contributed by atoms with Gasteiger partial charge < -0.3 is 5.11 Å². The van der Waals surface area contributed by atoms with E-state index in [4.69, 9.17) is 5.11 Å². The molecule has 19 heavy (non-hydrogen) atoms. The number of hydrogen-bond acceptors (Lipinski definition) is 5. The van der Waals surface area contributed by atoms with Crippen molar-refractivity contribution >= 4 is 28.3 Å². The van der Waals surface area contributed by atoms with Crippen molar-refractivity contribution in [1.29, 1.82) is 0 Å². The van der Waals surface area contributed by atoms with Crippen molar-refractivity contribution < 1.29 is 9.90 Å². The molecule has 2 aromatic carbocycles. The normalized spacial score (nSPS) is 10.8. The third kappa shape index (κ3) is 4.22. The fraction of sp³-hybridized carbons (Fsp3) is 0.0714. The molecule has 2 rings (SSSR count). The van der Waals surface area contributed by atoms with E-state index in [9.17, 15) is 4.79 Å². The molecule has 0 aromatic heterocycles. The molecule has 0 radical (unpaired) electrons. The maximum Gasteiger partial charge on any atom is 0.190 e. The van der Waals surface area contributed by atoms with Crippen molar-refractivity contribution in [3.05, 3.63) is 48.5 Å². The standard InChI is InChI=1S/C14H12N2O2S/c1-10(17)19-14-4-2-3-12(9-14)16-15-11-5-7-13(18)8-6-11/h2-9,18H,1H3. The van der Waals surface area contributed by atoms with Gasteiger partial charge in [-0.1, -0.05) is 17.8 Å². The minimum atomic E-state index is 0.0348. The first-order chi connectivity index (χ1) is 9.13. The summed E-state index contributed by atoms with van der Waals surface area (Å²) in [7, 11) is 0. The van der Waals surface area contributed by atoms with Crippen molar-refractivity contribution in [3.63, 3.8) is 0 Å². The molecule has 0 atom stereocenters. The summed E-state index contributed by atoms with van der Waals surface area (Å²) < 4.78 is 0. The zero-order valence-corrected chi connectivity index (χ0v) is 11.1. The minimum absolute atomic E-state index is 0.0348. The van der Waals surface area contributed by atoms with E-state index in [0.717, 1.165) is 16.7 Å². The Balaban J connectivity index is 2.14. The lowest BCUT2D eigenvalue weighted by Gasteiger charge is -1.98. The molecule has 0 aliphatic carbocycles. The molecule has 1 N–H and O–H groups in total. The number of aromatic hydroxyl groups is 1. The minimum Gasteiger partial charge on any atom is -0.508 e. The lowest BCUT2D eigenvalue weighted by Crippen LogP contribution is -1.79. The Bertz CT molecular complexity index is 609. The Morgan fingerprint density at radius 2 is 1.74 bits per heavy atom. The molecular formula is C14H12N2O2S. The predicted molar refractivity (Wildman–Crippen MR) is 75.3 cm³/mol. The quantitative estimate of drug-likeness (QED) is 0.663. The Morgan fingerprint density at radius 3 is 2.42 bits per heavy atom. The summed E-state index contributed by atoms with van der Waals surface area (Å²) in [5, 5.41) is 17.3. The van der Waals surface area contributed by atoms with Crippen LogP contribution in [0.15, 0.2) is 63.7 Å². The number of benzene rings is 2. The molecule has 0 fully saturated rings. The molecule has 96 valence electrons. The molecule has 5 heteroatoms. The highest BCUT2D eigenvalue weighted by molar-refractivity contribution is 8.13. The summed E-state index contributed by atoms with van der Waals surface area (Å²) >= 11 is 1.16. The van der Waals surface area contributed by atoms with Crippen molar-refractivity contribution in [2.24, 2.45) is 10.2 Å². The number of rotatable bonds is 3. The number of azo groups is 1. The lowest BCUT2D eigenvalue weighted by atomic mass is 10.3. The molecular weight excluding hydrogens is 260 g/mol. The summed E-state index contributed by atoms with van der Waals surface area (Å²) in [6, 6.07) is 13.7. The van der Waals surface area contributed by atoms with Gasteiger partial charge >= 0.3 is 0 Å². The topological polar surface area (TPSA) is 62.0 Å². The second-order valence-corrected chi connectivity index (χ2v) is 5.06. The van der Waals surface area contributed by atoms with E-state index in [0.29, 0.717) is 11.4 Å². The average molecular weight is 272 g/mol. The van der Waals surface area contributed by atoms with Gasteiger partial charge in [-0.15, -0.1) is 0 Å². The van der Waals surface area contributed by atoms with Crippen LogP contribution in [-0.4, -0.2) is 10.2 Å². The van der Waals surface area contributed by atoms with E-state index in [1.54, 1.807) is 30.3 Å². The van der Waals surface area contributed by atoms with Gasteiger partial charge in [0.1, 0.15) is 5.75 Å². The van der Waals surface area contributed by atoms with Crippen LogP contribution in [0, 0.1) is 0 Å². The van der Waals surface area contributed by atoms with Crippen LogP contribution in [0.2, 0.25) is 0 Å². The highest BCUT2D eigenvalue weighted by atomic mass is 32.2. The molecule has 4 nitrogen and oxygen atoms in total. The number of phenols is 1. The maximum atomic E-state index is 11.0. The molecule has 0 heterocycles. The Hall–Kier alpha value is -2.14. The largest absolute Gasteiger partial charge is 0.508 e. The second kappa shape index (κ2) is 6.15. The second-order valence-electron chi connectivity index (χ2n) is 3.81. The van der Waals surface area contributed by atoms with E-state index in [-0.39, 0.29) is 10.9 Å². The number of carbonyl (C=O) groups is 1. The summed E-state index contributed by atoms with van der Waals surface area (Å²) in [6.07, 6.45) is 0. The van der Waals surface area contributed by atoms with Crippen molar-refractivity contribution in [3.8, 4) is 5.75 Å². The van der Waals surface area contributed by atoms with E-state index in [1.165, 1.54) is 6.92 Å². The lowest BCUT2D eigenvalue weighted by molar-refractivity contribution is -0.109. The number of thioether (sulfide) groups is 1. The SMILES string of the molecule is CC(=O)Sc1cccc(N=Nc2ccc(O)cc2)c1. The fourth-order valence-electron chi connectivity index (χ4n) is 1.41. The molecule has 0 saturated heterocycles. The highest BCUT2D eigenvalue weighted by Crippen LogP contribution is 2.25. The number of nitrogens with zero attached hydrogens (tertiary/aromatic N) is 2. The molecule has 0 saturated carbocycles. The van der Waals surface area contributed by atoms with Crippen LogP contribution < -0.4 is 0 Å². The molecule has 2 aromatic rings. The van der Waals surface area contributed by atoms with Crippen LogP contribution in [0.4, 0.5) is 11.4 Å². The third-order valence-corrected chi connectivity index (χ3v) is 2.99. The predicted octanol–water partition coefficient (Wildman–Crippen LogP) is 4.45. The first-order valence-electron chi connectivity index (χ1n) is 5.63. The highest BCUT2D eigenvalue weighted by Gasteiger charge is 1.99. The van der Waals surface area contributed by atoms with Gasteiger partial charge in [0.2, 0.25) is 0 Å². The van der Waals surface area contributed by atoms with Crippen molar-refractivity contribution in [2.75, 3.05) is 0 Å². The first-order valence-corrected chi connectivity index (χ1v) is 6.44. The molecule has 0 aliphatic heterocycles. The first kappa shape index (κ1) is 13.3. The van der Waals surface area contributed by atoms with Gasteiger partial charge in [-0.3, -0.25) is 4.79 Å². The maximum absolute atomic E-state index is 11.0. The van der Waals surface area contributed by atoms with Crippen molar-refractivity contribution in [1.82, 2.24) is 0 Å². The Morgan fingerprint density at radius 1 is 1.05 bits per heavy atom. The number of hydrogen-bond donors (Lipinski definition) is 1. The fourth-order valence-corrected chi connectivity index (χ4v) is 2.07. The van der Waals surface area contributed by atoms with Crippen LogP contribution in [0.5, 0.6) is 5.75 Å². The molecule has 0 bridgehead atoms. The van der Waals surface area contributed by atoms with Crippen LogP contribution in [0.25, 0.3) is 0 Å². The molecule has 0 unspecified atom stereocenters. The Kier molecular flexibility index (Phi) is 4.30. The summed E-state index contributed by atoms with van der Waals surface area (Å²) in [6.45, 7) is 1.52. The van der Waals surface area contributed by atoms with Gasteiger partial charge in [-0.2, -0.15) is 10.2 Å². The van der Waals surface area contributed by atoms with Crippen LogP contribution in [-0.2, 0) is 4.79 Å². The van der Waals surface area contributed by atoms with Crippen LogP contribution >= 0.6 is 11.8 Å². The van der Waals surface area contributed by atoms with Crippen molar-refractivity contribution in [2.45, 2.75) is 11.8 Å². The zero-order chi connectivity index (χ0) is 13.7. The van der Waals surface area contributed by atoms with Gasteiger partial charge in [0.25, 0.3) is 0 Å². The van der Waals surface area contributed by atoms with Crippen LogP contribution in [0.3, 0.4) is 0 Å². The average Bonchev–Trinajstić information content (AvgIpc) is 2.38. The third-order valence-electron chi connectivity index (χ3n) is 2.21. The van der Waals surface area contributed by atoms with Gasteiger partial charge in [-0.25, -0.2) is 0 Å². The van der Waals surface area contributed by atoms with E-state index >= 15 is 0 Å². The summed E-state index contributed by atoms with van der Waals surface area (Å²) in [4.78, 5) is 11.9.